The first-order chi connectivity index (χ1) is 13.4. The van der Waals surface area contributed by atoms with E-state index in [-0.39, 0.29) is 13.2 Å². The van der Waals surface area contributed by atoms with E-state index < -0.39 is 12.6 Å². The van der Waals surface area contributed by atoms with Gasteiger partial charge in [-0.25, -0.2) is 4.98 Å². The van der Waals surface area contributed by atoms with Crippen molar-refractivity contribution in [2.45, 2.75) is 30.9 Å². The standard InChI is InChI=1S/C19H21Cl2N2O3PS/c1-4-25-27(24,26-5-2)18(16-13(20)11-10-12(3)17(16)21)28-19-22-14-8-6-7-9-15(14)23-19/h6-11,18H,4-5H2,1-3H3,(H,22,23). The van der Waals surface area contributed by atoms with Gasteiger partial charge in [0.25, 0.3) is 0 Å². The van der Waals surface area contributed by atoms with Gasteiger partial charge in [-0.05, 0) is 44.5 Å². The fourth-order valence-electron chi connectivity index (χ4n) is 2.81. The summed E-state index contributed by atoms with van der Waals surface area (Å²) in [5.74, 6) is 0. The first-order valence-electron chi connectivity index (χ1n) is 8.84. The van der Waals surface area contributed by atoms with E-state index in [9.17, 15) is 4.57 Å². The van der Waals surface area contributed by atoms with Crippen LogP contribution in [0.25, 0.3) is 11.0 Å². The van der Waals surface area contributed by atoms with Gasteiger partial charge < -0.3 is 14.0 Å². The normalized spacial score (nSPS) is 13.2. The molecule has 0 aliphatic rings. The van der Waals surface area contributed by atoms with E-state index in [0.29, 0.717) is 20.8 Å². The number of imidazole rings is 1. The molecule has 1 unspecified atom stereocenters. The minimum Gasteiger partial charge on any atom is -0.333 e. The number of hydrogen-bond donors (Lipinski definition) is 1. The summed E-state index contributed by atoms with van der Waals surface area (Å²) in [6.45, 7) is 5.88. The summed E-state index contributed by atoms with van der Waals surface area (Å²) in [6.07, 6.45) is 0. The molecule has 0 bridgehead atoms. The predicted octanol–water partition coefficient (Wildman–Crippen LogP) is 7.24. The maximum Gasteiger partial charge on any atom is 0.348 e. The average Bonchev–Trinajstić information content (AvgIpc) is 3.07. The van der Waals surface area contributed by atoms with E-state index in [1.54, 1.807) is 19.9 Å². The molecule has 0 radical (unpaired) electrons. The van der Waals surface area contributed by atoms with Gasteiger partial charge in [-0.1, -0.05) is 53.2 Å². The molecular formula is C19H21Cl2N2O3PS. The van der Waals surface area contributed by atoms with Crippen LogP contribution in [0.3, 0.4) is 0 Å². The van der Waals surface area contributed by atoms with Crippen LogP contribution < -0.4 is 0 Å². The third kappa shape index (κ3) is 4.43. The number of nitrogens with one attached hydrogen (secondary N) is 1. The van der Waals surface area contributed by atoms with Gasteiger partial charge >= 0.3 is 7.60 Å². The number of halogens is 2. The first-order valence-corrected chi connectivity index (χ1v) is 12.1. The number of hydrogen-bond acceptors (Lipinski definition) is 5. The van der Waals surface area contributed by atoms with Gasteiger partial charge in [0.15, 0.2) is 5.16 Å². The van der Waals surface area contributed by atoms with Crippen LogP contribution in [0.5, 0.6) is 0 Å². The van der Waals surface area contributed by atoms with E-state index in [0.717, 1.165) is 16.6 Å². The zero-order valence-electron chi connectivity index (χ0n) is 15.7. The number of benzene rings is 2. The molecule has 0 saturated carbocycles. The molecule has 0 fully saturated rings. The summed E-state index contributed by atoms with van der Waals surface area (Å²) in [5, 5.41) is 1.43. The SMILES string of the molecule is CCOP(=O)(OCC)C(Sc1nc2ccccc2[nH]1)c1c(Cl)ccc(C)c1Cl. The Balaban J connectivity index is 2.14. The van der Waals surface area contributed by atoms with Crippen molar-refractivity contribution >= 4 is 53.6 Å². The van der Waals surface area contributed by atoms with Gasteiger partial charge in [0, 0.05) is 15.6 Å². The van der Waals surface area contributed by atoms with E-state index in [1.165, 1.54) is 11.8 Å². The van der Waals surface area contributed by atoms with E-state index >= 15 is 0 Å². The van der Waals surface area contributed by atoms with Gasteiger partial charge in [-0.15, -0.1) is 0 Å². The summed E-state index contributed by atoms with van der Waals surface area (Å²) in [4.78, 5) is 7.05. The summed E-state index contributed by atoms with van der Waals surface area (Å²) >= 11 is 14.3. The Morgan fingerprint density at radius 2 is 1.82 bits per heavy atom. The highest BCUT2D eigenvalue weighted by Gasteiger charge is 2.41. The maximum atomic E-state index is 13.7. The first kappa shape index (κ1) is 21.7. The highest BCUT2D eigenvalue weighted by atomic mass is 35.5. The molecule has 0 spiro atoms. The van der Waals surface area contributed by atoms with Crippen LogP contribution in [-0.2, 0) is 13.6 Å². The van der Waals surface area contributed by atoms with Crippen molar-refractivity contribution < 1.29 is 13.6 Å². The van der Waals surface area contributed by atoms with Crippen molar-refractivity contribution in [2.24, 2.45) is 0 Å². The van der Waals surface area contributed by atoms with Crippen LogP contribution in [0, 0.1) is 6.92 Å². The Morgan fingerprint density at radius 3 is 2.46 bits per heavy atom. The lowest BCUT2D eigenvalue weighted by molar-refractivity contribution is 0.218. The van der Waals surface area contributed by atoms with Crippen LogP contribution in [-0.4, -0.2) is 23.2 Å². The fraction of sp³-hybridized carbons (Fsp3) is 0.316. The second-order valence-electron chi connectivity index (χ2n) is 6.00. The molecule has 0 aliphatic carbocycles. The van der Waals surface area contributed by atoms with Gasteiger partial charge in [0.2, 0.25) is 0 Å². The third-order valence-electron chi connectivity index (χ3n) is 4.06. The lowest BCUT2D eigenvalue weighted by Gasteiger charge is -2.27. The molecule has 0 saturated heterocycles. The quantitative estimate of drug-likeness (QED) is 0.284. The Bertz CT molecular complexity index is 985. The van der Waals surface area contributed by atoms with Crippen molar-refractivity contribution in [1.82, 2.24) is 9.97 Å². The van der Waals surface area contributed by atoms with Crippen LogP contribution in [0.1, 0.15) is 30.0 Å². The topological polar surface area (TPSA) is 64.2 Å². The summed E-state index contributed by atoms with van der Waals surface area (Å²) in [5.41, 5.74) is 3.05. The van der Waals surface area contributed by atoms with Crippen molar-refractivity contribution in [3.63, 3.8) is 0 Å². The van der Waals surface area contributed by atoms with E-state index in [1.807, 2.05) is 37.3 Å². The number of fused-ring (bicyclic) bond motifs is 1. The number of aromatic nitrogens is 2. The third-order valence-corrected chi connectivity index (χ3v) is 8.93. The molecule has 3 rings (SSSR count). The maximum absolute atomic E-state index is 13.7. The van der Waals surface area contributed by atoms with E-state index in [4.69, 9.17) is 32.2 Å². The second-order valence-corrected chi connectivity index (χ2v) is 10.3. The molecule has 1 heterocycles. The van der Waals surface area contributed by atoms with Gasteiger partial charge in [0.1, 0.15) is 4.99 Å². The minimum absolute atomic E-state index is 0.232. The van der Waals surface area contributed by atoms with Crippen molar-refractivity contribution in [1.29, 1.82) is 0 Å². The Hall–Kier alpha value is -1.01. The lowest BCUT2D eigenvalue weighted by Crippen LogP contribution is -2.06. The zero-order valence-corrected chi connectivity index (χ0v) is 19.0. The van der Waals surface area contributed by atoms with Gasteiger partial charge in [0.05, 0.1) is 24.2 Å². The Labute approximate surface area is 178 Å². The second kappa shape index (κ2) is 9.21. The molecule has 1 atom stereocenters. The smallest absolute Gasteiger partial charge is 0.333 e. The number of rotatable bonds is 8. The fourth-order valence-corrected chi connectivity index (χ4v) is 7.40. The molecular weight excluding hydrogens is 438 g/mol. The van der Waals surface area contributed by atoms with Crippen molar-refractivity contribution in [2.75, 3.05) is 13.2 Å². The molecule has 0 amide bonds. The summed E-state index contributed by atoms with van der Waals surface area (Å²) in [7, 11) is -3.60. The number of H-pyrrole nitrogens is 1. The van der Waals surface area contributed by atoms with Crippen LogP contribution >= 0.6 is 42.6 Å². The molecule has 2 aromatic carbocycles. The van der Waals surface area contributed by atoms with Crippen LogP contribution in [0.2, 0.25) is 10.0 Å². The van der Waals surface area contributed by atoms with Crippen LogP contribution in [0.15, 0.2) is 41.6 Å². The molecule has 9 heteroatoms. The van der Waals surface area contributed by atoms with Crippen molar-refractivity contribution in [3.05, 3.63) is 57.6 Å². The summed E-state index contributed by atoms with van der Waals surface area (Å²) in [6, 6.07) is 11.2. The zero-order chi connectivity index (χ0) is 20.3. The predicted molar refractivity (Wildman–Crippen MR) is 117 cm³/mol. The number of aryl methyl sites for hydroxylation is 1. The molecule has 1 N–H and O–H groups in total. The summed E-state index contributed by atoms with van der Waals surface area (Å²) < 4.78 is 25.0. The van der Waals surface area contributed by atoms with Crippen molar-refractivity contribution in [3.8, 4) is 0 Å². The molecule has 1 aromatic heterocycles. The molecule has 28 heavy (non-hydrogen) atoms. The number of aromatic amines is 1. The highest BCUT2D eigenvalue weighted by molar-refractivity contribution is 8.04. The van der Waals surface area contributed by atoms with Crippen LogP contribution in [0.4, 0.5) is 0 Å². The number of nitrogens with zero attached hydrogens (tertiary/aromatic N) is 1. The number of para-hydroxylation sites is 2. The minimum atomic E-state index is -3.60. The highest BCUT2D eigenvalue weighted by Crippen LogP contribution is 2.68. The molecule has 0 aliphatic heterocycles. The Kier molecular flexibility index (Phi) is 7.13. The molecule has 150 valence electrons. The Morgan fingerprint density at radius 1 is 1.14 bits per heavy atom. The molecule has 5 nitrogen and oxygen atoms in total. The lowest BCUT2D eigenvalue weighted by atomic mass is 10.1. The monoisotopic (exact) mass is 458 g/mol. The molecule has 3 aromatic rings. The van der Waals surface area contributed by atoms with E-state index in [2.05, 4.69) is 9.97 Å². The average molecular weight is 459 g/mol. The largest absolute Gasteiger partial charge is 0.348 e. The number of thioether (sulfide) groups is 1. The van der Waals surface area contributed by atoms with Gasteiger partial charge in [-0.3, -0.25) is 4.57 Å². The van der Waals surface area contributed by atoms with Gasteiger partial charge in [-0.2, -0.15) is 0 Å².